The quantitative estimate of drug-likeness (QED) is 0.807. The lowest BCUT2D eigenvalue weighted by molar-refractivity contribution is -0.128. The van der Waals surface area contributed by atoms with Crippen LogP contribution in [0.1, 0.15) is 12.0 Å². The molecular weight excluding hydrogens is 260 g/mol. The zero-order chi connectivity index (χ0) is 13.2. The number of halogens is 1. The van der Waals surface area contributed by atoms with Crippen LogP contribution >= 0.6 is 11.6 Å². The molecule has 1 aliphatic rings. The molecule has 1 fully saturated rings. The molecule has 0 bridgehead atoms. The minimum absolute atomic E-state index is 0.201. The number of carbonyl (C=O) groups is 1. The van der Waals surface area contributed by atoms with Gasteiger partial charge in [-0.1, -0.05) is 18.2 Å². The summed E-state index contributed by atoms with van der Waals surface area (Å²) in [5.74, 6) is 1.05. The van der Waals surface area contributed by atoms with Gasteiger partial charge in [-0.3, -0.25) is 9.78 Å². The van der Waals surface area contributed by atoms with Crippen LogP contribution in [0.2, 0.25) is 0 Å². The van der Waals surface area contributed by atoms with Crippen LogP contribution < -0.4 is 0 Å². The molecule has 98 valence electrons. The second-order valence-corrected chi connectivity index (χ2v) is 5.29. The van der Waals surface area contributed by atoms with Crippen molar-refractivity contribution in [1.82, 2.24) is 9.88 Å². The molecule has 2 heterocycles. The van der Waals surface area contributed by atoms with Gasteiger partial charge in [0.05, 0.1) is 5.52 Å². The fourth-order valence-corrected chi connectivity index (χ4v) is 2.82. The molecule has 1 atom stereocenters. The first-order chi connectivity index (χ1) is 9.28. The second-order valence-electron chi connectivity index (χ2n) is 4.99. The van der Waals surface area contributed by atoms with Gasteiger partial charge < -0.3 is 4.90 Å². The number of carbonyl (C=O) groups excluding carboxylic acids is 1. The average molecular weight is 275 g/mol. The number of alkyl halides is 1. The molecule has 1 unspecified atom stereocenters. The smallest absolute Gasteiger partial charge is 0.223 e. The highest BCUT2D eigenvalue weighted by Crippen LogP contribution is 2.24. The summed E-state index contributed by atoms with van der Waals surface area (Å²) >= 11 is 5.85. The van der Waals surface area contributed by atoms with Crippen molar-refractivity contribution in [3.63, 3.8) is 0 Å². The van der Waals surface area contributed by atoms with Gasteiger partial charge in [-0.05, 0) is 23.6 Å². The summed E-state index contributed by atoms with van der Waals surface area (Å²) in [5.41, 5.74) is 2.12. The number of amides is 1. The van der Waals surface area contributed by atoms with Gasteiger partial charge in [-0.2, -0.15) is 0 Å². The Labute approximate surface area is 117 Å². The van der Waals surface area contributed by atoms with Crippen molar-refractivity contribution < 1.29 is 4.79 Å². The maximum Gasteiger partial charge on any atom is 0.223 e. The summed E-state index contributed by atoms with van der Waals surface area (Å²) in [6.45, 7) is 1.41. The maximum absolute atomic E-state index is 11.9. The van der Waals surface area contributed by atoms with Crippen molar-refractivity contribution >= 4 is 28.4 Å². The first-order valence-electron chi connectivity index (χ1n) is 6.44. The summed E-state index contributed by atoms with van der Waals surface area (Å²) in [6, 6.07) is 10.0. The average Bonchev–Trinajstić information content (AvgIpc) is 2.80. The Hall–Kier alpha value is -1.61. The largest absolute Gasteiger partial charge is 0.338 e. The Kier molecular flexibility index (Phi) is 3.38. The van der Waals surface area contributed by atoms with Crippen molar-refractivity contribution in [3.8, 4) is 0 Å². The van der Waals surface area contributed by atoms with Crippen molar-refractivity contribution in [2.45, 2.75) is 13.0 Å². The molecule has 0 N–H and O–H groups in total. The van der Waals surface area contributed by atoms with Crippen molar-refractivity contribution in [2.75, 3.05) is 12.4 Å². The Morgan fingerprint density at radius 2 is 2.16 bits per heavy atom. The molecule has 3 rings (SSSR count). The number of fused-ring (bicyclic) bond motifs is 1. The lowest BCUT2D eigenvalue weighted by Crippen LogP contribution is -2.24. The van der Waals surface area contributed by atoms with E-state index in [1.54, 1.807) is 6.20 Å². The SMILES string of the molecule is O=C1CC(CCl)CN1Cc1ccnc2ccccc12. The number of rotatable bonds is 3. The van der Waals surface area contributed by atoms with Gasteiger partial charge in [0.15, 0.2) is 0 Å². The van der Waals surface area contributed by atoms with Crippen LogP contribution in [0.25, 0.3) is 10.9 Å². The Morgan fingerprint density at radius 3 is 2.95 bits per heavy atom. The van der Waals surface area contributed by atoms with E-state index in [0.717, 1.165) is 23.0 Å². The van der Waals surface area contributed by atoms with E-state index in [-0.39, 0.29) is 5.91 Å². The number of likely N-dealkylation sites (tertiary alicyclic amines) is 1. The van der Waals surface area contributed by atoms with E-state index in [2.05, 4.69) is 11.1 Å². The van der Waals surface area contributed by atoms with Gasteiger partial charge in [0.25, 0.3) is 0 Å². The van der Waals surface area contributed by atoms with E-state index in [4.69, 9.17) is 11.6 Å². The van der Waals surface area contributed by atoms with Crippen molar-refractivity contribution in [2.24, 2.45) is 5.92 Å². The molecule has 0 saturated carbocycles. The second kappa shape index (κ2) is 5.17. The predicted octanol–water partition coefficient (Wildman–Crippen LogP) is 2.82. The van der Waals surface area contributed by atoms with E-state index < -0.39 is 0 Å². The summed E-state index contributed by atoms with van der Waals surface area (Å²) in [4.78, 5) is 18.2. The van der Waals surface area contributed by atoms with Gasteiger partial charge in [-0.25, -0.2) is 0 Å². The molecule has 1 aliphatic heterocycles. The molecule has 19 heavy (non-hydrogen) atoms. The number of pyridine rings is 1. The van der Waals surface area contributed by atoms with Gasteiger partial charge in [0.1, 0.15) is 0 Å². The van der Waals surface area contributed by atoms with Crippen LogP contribution in [0.3, 0.4) is 0 Å². The Balaban J connectivity index is 1.88. The predicted molar refractivity (Wildman–Crippen MR) is 76.0 cm³/mol. The van der Waals surface area contributed by atoms with Crippen LogP contribution in [0.4, 0.5) is 0 Å². The molecule has 1 amide bonds. The minimum atomic E-state index is 0.201. The minimum Gasteiger partial charge on any atom is -0.338 e. The fourth-order valence-electron chi connectivity index (χ4n) is 2.61. The molecule has 4 heteroatoms. The first-order valence-corrected chi connectivity index (χ1v) is 6.97. The third-order valence-corrected chi connectivity index (χ3v) is 4.05. The first kappa shape index (κ1) is 12.4. The molecule has 0 aliphatic carbocycles. The van der Waals surface area contributed by atoms with Gasteiger partial charge in [0.2, 0.25) is 5.91 Å². The number of nitrogens with zero attached hydrogens (tertiary/aromatic N) is 2. The van der Waals surface area contributed by atoms with Gasteiger partial charge >= 0.3 is 0 Å². The van der Waals surface area contributed by atoms with Crippen molar-refractivity contribution in [3.05, 3.63) is 42.1 Å². The van der Waals surface area contributed by atoms with Crippen LogP contribution in [0.5, 0.6) is 0 Å². The molecule has 1 saturated heterocycles. The zero-order valence-electron chi connectivity index (χ0n) is 10.6. The summed E-state index contributed by atoms with van der Waals surface area (Å²) in [5, 5.41) is 1.12. The molecule has 2 aromatic rings. The van der Waals surface area contributed by atoms with Gasteiger partial charge in [-0.15, -0.1) is 11.6 Å². The standard InChI is InChI=1S/C15H15ClN2O/c16-8-11-7-15(19)18(9-11)10-12-5-6-17-14-4-2-1-3-13(12)14/h1-6,11H,7-10H2. The molecule has 1 aromatic carbocycles. The highest BCUT2D eigenvalue weighted by Gasteiger charge is 2.28. The maximum atomic E-state index is 11.9. The van der Waals surface area contributed by atoms with Gasteiger partial charge in [0, 0.05) is 37.0 Å². The Morgan fingerprint density at radius 1 is 1.32 bits per heavy atom. The zero-order valence-corrected chi connectivity index (χ0v) is 11.3. The lowest BCUT2D eigenvalue weighted by Gasteiger charge is -2.17. The van der Waals surface area contributed by atoms with E-state index in [9.17, 15) is 4.79 Å². The van der Waals surface area contributed by atoms with Crippen molar-refractivity contribution in [1.29, 1.82) is 0 Å². The van der Waals surface area contributed by atoms with Crippen LogP contribution in [-0.4, -0.2) is 28.2 Å². The van der Waals surface area contributed by atoms with E-state index in [1.165, 1.54) is 0 Å². The van der Waals surface area contributed by atoms with E-state index in [1.807, 2.05) is 29.2 Å². The number of hydrogen-bond acceptors (Lipinski definition) is 2. The normalized spacial score (nSPS) is 19.3. The fraction of sp³-hybridized carbons (Fsp3) is 0.333. The van der Waals surface area contributed by atoms with E-state index >= 15 is 0 Å². The third-order valence-electron chi connectivity index (χ3n) is 3.61. The molecule has 0 radical (unpaired) electrons. The number of hydrogen-bond donors (Lipinski definition) is 0. The van der Waals surface area contributed by atoms with Crippen LogP contribution in [0.15, 0.2) is 36.5 Å². The summed E-state index contributed by atoms with van der Waals surface area (Å²) in [7, 11) is 0. The molecular formula is C15H15ClN2O. The molecule has 1 aromatic heterocycles. The third kappa shape index (κ3) is 2.43. The molecule has 3 nitrogen and oxygen atoms in total. The summed E-state index contributed by atoms with van der Waals surface area (Å²) < 4.78 is 0. The summed E-state index contributed by atoms with van der Waals surface area (Å²) in [6.07, 6.45) is 2.38. The number of para-hydroxylation sites is 1. The number of aromatic nitrogens is 1. The van der Waals surface area contributed by atoms with Crippen LogP contribution in [-0.2, 0) is 11.3 Å². The van der Waals surface area contributed by atoms with Crippen LogP contribution in [0, 0.1) is 5.92 Å². The lowest BCUT2D eigenvalue weighted by atomic mass is 10.1. The monoisotopic (exact) mass is 274 g/mol. The topological polar surface area (TPSA) is 33.2 Å². The molecule has 0 spiro atoms. The highest BCUT2D eigenvalue weighted by molar-refractivity contribution is 6.18. The highest BCUT2D eigenvalue weighted by atomic mass is 35.5. The number of benzene rings is 1. The Bertz CT molecular complexity index is 609. The van der Waals surface area contributed by atoms with E-state index in [0.29, 0.717) is 24.8 Å².